The minimum Gasteiger partial charge on any atom is -0.512 e. The average molecular weight is 2320 g/mol. The molecule has 1 fully saturated rings. The van der Waals surface area contributed by atoms with Crippen LogP contribution in [0.3, 0.4) is 0 Å². The van der Waals surface area contributed by atoms with Gasteiger partial charge >= 0.3 is 45.5 Å². The van der Waals surface area contributed by atoms with Gasteiger partial charge < -0.3 is 61.4 Å². The van der Waals surface area contributed by atoms with Crippen LogP contribution in [0.5, 0.6) is 34.5 Å². The number of tetrazole rings is 1. The Bertz CT molecular complexity index is 7980. The molecule has 0 spiro atoms. The van der Waals surface area contributed by atoms with Gasteiger partial charge in [-0.05, 0) is 214 Å². The summed E-state index contributed by atoms with van der Waals surface area (Å²) in [5.41, 5.74) is 2.59. The zero-order valence-electron chi connectivity index (χ0n) is 78.0. The van der Waals surface area contributed by atoms with E-state index in [0.717, 1.165) is 61.8 Å². The van der Waals surface area contributed by atoms with Crippen molar-refractivity contribution >= 4 is 158 Å². The minimum atomic E-state index is -4.39. The second-order valence-corrected chi connectivity index (χ2v) is 43.7. The molecular weight excluding hydrogens is 2240 g/mol. The van der Waals surface area contributed by atoms with Crippen molar-refractivity contribution in [1.29, 1.82) is 21.0 Å². The number of benzene rings is 11. The summed E-state index contributed by atoms with van der Waals surface area (Å²) in [6, 6.07) is 54.2. The van der Waals surface area contributed by atoms with Crippen molar-refractivity contribution < 1.29 is 122 Å². The van der Waals surface area contributed by atoms with E-state index in [1.165, 1.54) is 63.6 Å². The maximum atomic E-state index is 14.9. The zero-order chi connectivity index (χ0) is 105. The molecule has 0 bridgehead atoms. The largest absolute Gasteiger partial charge is 2.00 e. The van der Waals surface area contributed by atoms with Gasteiger partial charge in [-0.25, -0.2) is 38.4 Å². The Morgan fingerprint density at radius 1 is 0.410 bits per heavy atom. The number of aromatic nitrogens is 7. The van der Waals surface area contributed by atoms with Crippen LogP contribution in [0.15, 0.2) is 242 Å². The smallest absolute Gasteiger partial charge is 0.512 e. The number of nitrogens with one attached hydrogen (secondary N) is 4. The molecule has 0 radical (unpaired) electrons. The van der Waals surface area contributed by atoms with Gasteiger partial charge in [-0.3, -0.25) is 29.1 Å². The summed E-state index contributed by atoms with van der Waals surface area (Å²) in [5.74, 6) is -3.81. The van der Waals surface area contributed by atoms with Gasteiger partial charge in [-0.2, -0.15) is 15.7 Å². The predicted octanol–water partition coefficient (Wildman–Crippen LogP) is 23.8. The molecule has 19 rings (SSSR count). The molecule has 0 amide bonds. The SMILES string of the molecule is Brc1ccc(I)c2ncccc12.CC(C)(C)c1ccc(S(=O)(=O)Nc2cc3c(cc2-c2ccc(-c4nn[nH]n4)c4ncccc24)OC(F)(F)O3)cc1F.CC(C)(C)c1ccc(S(=O)(=O)Nc2cc3c(cc2-c2ccc(C#N)c4ccccc24)OC(F)(F)O3)cc1F.CC(C)(C)c1ccc(S(=O)(=O)Nc2cc3c(cc2B2OC(C)(C)C(C)(C)O2)OC(F)(F)O3)cc1F.N#Cc1ccc(Br)c2cccnc12.[C-]#N.[C-]#N.[Zn+2]. The molecule has 45 heteroatoms. The molecule has 4 aliphatic heterocycles. The summed E-state index contributed by atoms with van der Waals surface area (Å²) in [6.45, 7) is 32.9. The number of fused-ring (bicyclic) bond motifs is 7. The number of hydrogen-bond acceptors (Lipinski definition) is 24. The molecule has 4 aliphatic rings. The molecule has 144 heavy (non-hydrogen) atoms. The number of halogens is 12. The molecule has 736 valence electrons. The summed E-state index contributed by atoms with van der Waals surface area (Å²) in [7, 11) is -14.2. The fourth-order valence-corrected chi connectivity index (χ4v) is 19.9. The summed E-state index contributed by atoms with van der Waals surface area (Å²) in [5, 5.41) is 48.6. The first-order valence-corrected chi connectivity index (χ1v) is 49.4. The van der Waals surface area contributed by atoms with Crippen LogP contribution in [-0.4, -0.2) is 98.0 Å². The Morgan fingerprint density at radius 3 is 1.17 bits per heavy atom. The van der Waals surface area contributed by atoms with Crippen LogP contribution < -0.4 is 48.1 Å². The normalized spacial score (nSPS) is 14.6. The van der Waals surface area contributed by atoms with Crippen molar-refractivity contribution in [3.8, 4) is 80.3 Å². The van der Waals surface area contributed by atoms with E-state index in [9.17, 15) is 70.0 Å². The van der Waals surface area contributed by atoms with Gasteiger partial charge in [0, 0.05) is 93.0 Å². The first kappa shape index (κ1) is 109. The van der Waals surface area contributed by atoms with Gasteiger partial charge in [-0.1, -0.05) is 167 Å². The van der Waals surface area contributed by atoms with E-state index in [4.69, 9.17) is 38.2 Å². The van der Waals surface area contributed by atoms with E-state index < -0.39 is 101 Å². The molecule has 1 saturated heterocycles. The van der Waals surface area contributed by atoms with Gasteiger partial charge in [0.15, 0.2) is 34.5 Å². The Kier molecular flexibility index (Phi) is 32.0. The Morgan fingerprint density at radius 2 is 0.757 bits per heavy atom. The number of nitriles is 2. The monoisotopic (exact) mass is 2310 g/mol. The number of rotatable bonds is 13. The first-order valence-electron chi connectivity index (χ1n) is 42.3. The number of nitrogens with zero attached hydrogens (tertiary/aromatic N) is 10. The van der Waals surface area contributed by atoms with Crippen LogP contribution in [0.2, 0.25) is 0 Å². The first-order chi connectivity index (χ1) is 67.0. The summed E-state index contributed by atoms with van der Waals surface area (Å²) >= 11 is 9.19. The molecule has 15 aromatic rings. The Labute approximate surface area is 864 Å². The molecule has 28 nitrogen and oxygen atoms in total. The van der Waals surface area contributed by atoms with Crippen molar-refractivity contribution in [1.82, 2.24) is 35.6 Å². The molecule has 0 atom stereocenters. The average Bonchev–Trinajstić information content (AvgIpc) is 1.60. The number of hydrogen-bond donors (Lipinski definition) is 4. The fourth-order valence-electron chi connectivity index (χ4n) is 15.1. The number of H-pyrrole nitrogens is 1. The Hall–Kier alpha value is -13.3. The van der Waals surface area contributed by atoms with Crippen LogP contribution in [0.25, 0.3) is 77.1 Å². The van der Waals surface area contributed by atoms with Crippen molar-refractivity contribution in [2.75, 3.05) is 14.2 Å². The molecular formula is C99H79BBr2F9IN14O14S3Zn. The molecule has 4 N–H and O–H groups in total. The number of ether oxygens (including phenoxy) is 6. The van der Waals surface area contributed by atoms with Crippen molar-refractivity contribution in [2.45, 2.75) is 151 Å². The van der Waals surface area contributed by atoms with Crippen LogP contribution >= 0.6 is 54.5 Å². The van der Waals surface area contributed by atoms with Crippen LogP contribution in [0.1, 0.15) is 118 Å². The summed E-state index contributed by atoms with van der Waals surface area (Å²) in [6.07, 6.45) is -6.74. The minimum absolute atomic E-state index is 0. The topological polar surface area (TPSA) is 401 Å². The van der Waals surface area contributed by atoms with Gasteiger partial charge in [0.05, 0.1) is 76.7 Å². The van der Waals surface area contributed by atoms with Crippen LogP contribution in [0, 0.1) is 67.4 Å². The third kappa shape index (κ3) is 23.8. The number of pyridine rings is 3. The van der Waals surface area contributed by atoms with E-state index in [1.807, 2.05) is 36.5 Å². The molecule has 0 unspecified atom stereocenters. The predicted molar refractivity (Wildman–Crippen MR) is 529 cm³/mol. The van der Waals surface area contributed by atoms with Gasteiger partial charge in [-0.15, -0.1) is 36.5 Å². The van der Waals surface area contributed by atoms with Crippen LogP contribution in [-0.2, 0) is 75.1 Å². The maximum Gasteiger partial charge on any atom is 2.00 e. The molecule has 4 aromatic heterocycles. The van der Waals surface area contributed by atoms with E-state index in [0.29, 0.717) is 66.2 Å². The third-order valence-electron chi connectivity index (χ3n) is 22.6. The molecule has 0 aliphatic carbocycles. The van der Waals surface area contributed by atoms with E-state index in [2.05, 4.69) is 157 Å². The zero-order valence-corrected chi connectivity index (χ0v) is 88.8. The van der Waals surface area contributed by atoms with E-state index in [-0.39, 0.29) is 108 Å². The number of anilines is 3. The number of sulfonamides is 3. The summed E-state index contributed by atoms with van der Waals surface area (Å²) in [4.78, 5) is 11.9. The maximum absolute atomic E-state index is 14.9. The fraction of sp³-hybridized carbons (Fsp3) is 0.212. The second kappa shape index (κ2) is 42.1. The van der Waals surface area contributed by atoms with Gasteiger partial charge in [0.1, 0.15) is 23.5 Å². The van der Waals surface area contributed by atoms with Crippen molar-refractivity contribution in [3.63, 3.8) is 0 Å². The molecule has 0 saturated carbocycles. The number of aromatic amines is 1. The standard InChI is InChI=1S/C28H21F3N2O4S.C27H21F3N6O4S.C23H27BF3NO6S.C10H5BrN2.C9H5BrIN.2CN.Zn/c1-27(2,3)22-11-9-17(12-23(22)29)38(34,35)33-24-14-26-25(36-28(30,31)37-26)13-21(24)20-10-8-16(15-32)18-6-4-5-7-19(18)20;1-26(2,3)19-9-6-14(11-20(19)28)41(37,38)34-21-13-23-22(39-27(29,30)40-23)12-18(21)15-7-8-17(25-32-35-36-33-25)24-16(15)5-4-10-31-24;1-20(2,3)14-9-8-13(10-16(14)25)35(29,30)28-17-12-19-18(31-23(26,27)32-19)11-15(17)24-33-21(4,5)22(6,7)34-24;11-9-4-3-7(6-12)10-8(9)2-1-5-13-10;10-7-3-4-8(11)9-6(7)2-1-5-12-9;2*1-2;/h4-14,33H,1-3H3;4-13,34H,1-3H3,(H,32,33,35,36);8-12,28H,1-7H3;1-5H;1-5H;;;/q;;;;;2*-1;+2. The third-order valence-corrected chi connectivity index (χ3v) is 28.9. The quantitative estimate of drug-likeness (QED) is 0.0360. The van der Waals surface area contributed by atoms with Crippen molar-refractivity contribution in [3.05, 3.63) is 290 Å². The van der Waals surface area contributed by atoms with E-state index >= 15 is 0 Å². The van der Waals surface area contributed by atoms with Gasteiger partial charge in [0.2, 0.25) is 5.82 Å². The van der Waals surface area contributed by atoms with Gasteiger partial charge in [0.25, 0.3) is 30.1 Å². The molecule has 11 aromatic carbocycles. The van der Waals surface area contributed by atoms with E-state index in [1.54, 1.807) is 169 Å². The molecule has 8 heterocycles. The second-order valence-electron chi connectivity index (χ2n) is 35.8. The number of alkyl halides is 6. The summed E-state index contributed by atoms with van der Waals surface area (Å²) < 4.78 is 257. The van der Waals surface area contributed by atoms with Crippen molar-refractivity contribution in [2.24, 2.45) is 0 Å². The Balaban J connectivity index is 0.000000168. The van der Waals surface area contributed by atoms with Crippen LogP contribution in [0.4, 0.5) is 56.6 Å².